The quantitative estimate of drug-likeness (QED) is 0.187. The number of ether oxygens (including phenoxy) is 4. The number of pyridine rings is 1. The third-order valence-electron chi connectivity index (χ3n) is 9.38. The summed E-state index contributed by atoms with van der Waals surface area (Å²) in [6.07, 6.45) is 4.28. The predicted octanol–water partition coefficient (Wildman–Crippen LogP) is 8.59. The second-order valence-corrected chi connectivity index (χ2v) is 15.2. The van der Waals surface area contributed by atoms with E-state index in [9.17, 15) is 4.79 Å². The average molecular weight is 731 g/mol. The van der Waals surface area contributed by atoms with Crippen molar-refractivity contribution in [1.29, 1.82) is 0 Å². The van der Waals surface area contributed by atoms with Crippen LogP contribution < -0.4 is 14.4 Å². The summed E-state index contributed by atoms with van der Waals surface area (Å²) in [4.78, 5) is 19.8. The number of hydrogen-bond donors (Lipinski definition) is 0. The number of likely N-dealkylation sites (tertiary alicyclic amines) is 1. The summed E-state index contributed by atoms with van der Waals surface area (Å²) in [7, 11) is 1.53. The van der Waals surface area contributed by atoms with E-state index in [4.69, 9.17) is 47.2 Å². The number of carbonyl (C=O) groups is 1. The van der Waals surface area contributed by atoms with Crippen LogP contribution in [-0.4, -0.2) is 71.3 Å². The van der Waals surface area contributed by atoms with Gasteiger partial charge in [-0.2, -0.15) is 5.10 Å². The first kappa shape index (κ1) is 34.6. The van der Waals surface area contributed by atoms with Crippen LogP contribution in [-0.2, 0) is 9.47 Å². The lowest BCUT2D eigenvalue weighted by Gasteiger charge is -2.60. The first-order valence-corrected chi connectivity index (χ1v) is 17.4. The van der Waals surface area contributed by atoms with Crippen molar-refractivity contribution in [3.05, 3.63) is 63.9 Å². The molecule has 5 heterocycles. The summed E-state index contributed by atoms with van der Waals surface area (Å²) in [5.41, 5.74) is 0.960. The molecule has 0 radical (unpaired) electrons. The molecule has 3 saturated heterocycles. The second kappa shape index (κ2) is 13.0. The number of rotatable bonds is 7. The summed E-state index contributed by atoms with van der Waals surface area (Å²) in [6, 6.07) is 6.18. The Morgan fingerprint density at radius 1 is 1.02 bits per heavy atom. The Morgan fingerprint density at radius 2 is 1.70 bits per heavy atom. The Labute approximate surface area is 299 Å². The molecule has 10 nitrogen and oxygen atoms in total. The standard InChI is InChI=1S/C36H39Cl2F2N5O5/c1-20(31-23(37)14-41-15-24(31)38)49-29-12-22-27(13-28(29)47-5)45(30-8-6-7-9-48-30)42-32(22)21-10-25(39)33(26(40)11-21)43-16-36(17-43)18-44(19-36)34(46)50-35(2,3)4/h10-15,20,30H,6-9,16-19H2,1-5H3. The molecule has 3 aliphatic rings. The molecule has 3 aliphatic heterocycles. The van der Waals surface area contributed by atoms with Crippen molar-refractivity contribution in [2.24, 2.45) is 5.41 Å². The van der Waals surface area contributed by atoms with Crippen molar-refractivity contribution in [1.82, 2.24) is 19.7 Å². The SMILES string of the molecule is COc1cc2c(cc1OC(C)c1c(Cl)cncc1Cl)c(-c1cc(F)c(N3CC4(CN(C(=O)OC(C)(C)C)C4)C3)c(F)c1)nn2C1CCCCO1. The lowest BCUT2D eigenvalue weighted by atomic mass is 9.72. The maximum atomic E-state index is 15.9. The minimum Gasteiger partial charge on any atom is -0.493 e. The first-order chi connectivity index (χ1) is 23.8. The van der Waals surface area contributed by atoms with Crippen molar-refractivity contribution < 1.29 is 32.5 Å². The number of fused-ring (bicyclic) bond motifs is 1. The van der Waals surface area contributed by atoms with Gasteiger partial charge < -0.3 is 28.7 Å². The van der Waals surface area contributed by atoms with Crippen LogP contribution in [0.1, 0.15) is 64.9 Å². The van der Waals surface area contributed by atoms with Gasteiger partial charge in [0.1, 0.15) is 34.7 Å². The molecule has 2 atom stereocenters. The molecule has 0 aliphatic carbocycles. The van der Waals surface area contributed by atoms with Gasteiger partial charge in [-0.15, -0.1) is 0 Å². The fraction of sp³-hybridized carbons (Fsp3) is 0.472. The molecule has 2 aromatic heterocycles. The fourth-order valence-electron chi connectivity index (χ4n) is 7.15. The molecule has 14 heteroatoms. The number of amides is 1. The van der Waals surface area contributed by atoms with Crippen LogP contribution in [0.4, 0.5) is 19.3 Å². The Balaban J connectivity index is 1.20. The normalized spacial score (nSPS) is 19.3. The molecular formula is C36H39Cl2F2N5O5. The molecule has 7 rings (SSSR count). The fourth-order valence-corrected chi connectivity index (χ4v) is 7.82. The molecule has 1 amide bonds. The Hall–Kier alpha value is -3.87. The van der Waals surface area contributed by atoms with Gasteiger partial charge >= 0.3 is 6.09 Å². The molecule has 0 bridgehead atoms. The van der Waals surface area contributed by atoms with Crippen LogP contribution in [0.3, 0.4) is 0 Å². The van der Waals surface area contributed by atoms with Crippen LogP contribution in [0.25, 0.3) is 22.2 Å². The number of hydrogen-bond acceptors (Lipinski definition) is 8. The van der Waals surface area contributed by atoms with Crippen LogP contribution in [0.5, 0.6) is 11.5 Å². The van der Waals surface area contributed by atoms with Gasteiger partial charge in [-0.05, 0) is 65.2 Å². The largest absolute Gasteiger partial charge is 0.493 e. The first-order valence-electron chi connectivity index (χ1n) is 16.7. The maximum Gasteiger partial charge on any atom is 0.410 e. The van der Waals surface area contributed by atoms with E-state index < -0.39 is 23.3 Å². The van der Waals surface area contributed by atoms with Crippen molar-refractivity contribution >= 4 is 45.9 Å². The van der Waals surface area contributed by atoms with Gasteiger partial charge in [-0.25, -0.2) is 18.3 Å². The number of aromatic nitrogens is 3. The zero-order chi connectivity index (χ0) is 35.5. The summed E-state index contributed by atoms with van der Waals surface area (Å²) in [6.45, 7) is 9.67. The Bertz CT molecular complexity index is 1900. The smallest absolute Gasteiger partial charge is 0.410 e. The van der Waals surface area contributed by atoms with Crippen molar-refractivity contribution in [2.75, 3.05) is 44.8 Å². The van der Waals surface area contributed by atoms with Crippen LogP contribution in [0.15, 0.2) is 36.7 Å². The highest BCUT2D eigenvalue weighted by Crippen LogP contribution is 2.46. The number of benzene rings is 2. The summed E-state index contributed by atoms with van der Waals surface area (Å²) >= 11 is 12.8. The van der Waals surface area contributed by atoms with Crippen molar-refractivity contribution in [2.45, 2.75) is 64.9 Å². The third-order valence-corrected chi connectivity index (χ3v) is 9.99. The Morgan fingerprint density at radius 3 is 2.30 bits per heavy atom. The molecule has 3 fully saturated rings. The van der Waals surface area contributed by atoms with E-state index in [1.807, 2.05) is 20.8 Å². The highest BCUT2D eigenvalue weighted by Gasteiger charge is 2.55. The molecule has 2 aromatic carbocycles. The van der Waals surface area contributed by atoms with Gasteiger partial charge in [0.15, 0.2) is 17.7 Å². The minimum atomic E-state index is -0.699. The molecule has 1 spiro atoms. The number of halogens is 4. The number of carbonyl (C=O) groups excluding carboxylic acids is 1. The molecule has 266 valence electrons. The molecule has 4 aromatic rings. The minimum absolute atomic E-state index is 0.0972. The van der Waals surface area contributed by atoms with Crippen LogP contribution in [0, 0.1) is 17.0 Å². The van der Waals surface area contributed by atoms with E-state index >= 15 is 8.78 Å². The monoisotopic (exact) mass is 729 g/mol. The van der Waals surface area contributed by atoms with Crippen molar-refractivity contribution in [3.8, 4) is 22.8 Å². The van der Waals surface area contributed by atoms with E-state index in [0.717, 1.165) is 19.3 Å². The molecule has 0 N–H and O–H groups in total. The lowest BCUT2D eigenvalue weighted by Crippen LogP contribution is -2.73. The third kappa shape index (κ3) is 6.41. The number of nitrogens with zero attached hydrogens (tertiary/aromatic N) is 5. The molecule has 50 heavy (non-hydrogen) atoms. The van der Waals surface area contributed by atoms with E-state index in [-0.39, 0.29) is 29.0 Å². The van der Waals surface area contributed by atoms with E-state index in [1.165, 1.54) is 31.6 Å². The Kier molecular flexibility index (Phi) is 9.01. The predicted molar refractivity (Wildman–Crippen MR) is 186 cm³/mol. The summed E-state index contributed by atoms with van der Waals surface area (Å²) < 4.78 is 57.3. The van der Waals surface area contributed by atoms with Gasteiger partial charge in [0.25, 0.3) is 0 Å². The topological polar surface area (TPSA) is 91.2 Å². The average Bonchev–Trinajstić information content (AvgIpc) is 3.38. The summed E-state index contributed by atoms with van der Waals surface area (Å²) in [5.74, 6) is -0.605. The van der Waals surface area contributed by atoms with Gasteiger partial charge in [-0.1, -0.05) is 23.2 Å². The van der Waals surface area contributed by atoms with Crippen LogP contribution >= 0.6 is 23.2 Å². The second-order valence-electron chi connectivity index (χ2n) is 14.4. The molecule has 0 saturated carbocycles. The van der Waals surface area contributed by atoms with Crippen LogP contribution in [0.2, 0.25) is 10.0 Å². The van der Waals surface area contributed by atoms with Crippen molar-refractivity contribution in [3.63, 3.8) is 0 Å². The van der Waals surface area contributed by atoms with E-state index in [1.54, 1.807) is 33.5 Å². The van der Waals surface area contributed by atoms with Gasteiger partial charge in [0.05, 0.1) is 22.7 Å². The highest BCUT2D eigenvalue weighted by atomic mass is 35.5. The van der Waals surface area contributed by atoms with E-state index in [2.05, 4.69) is 4.98 Å². The zero-order valence-electron chi connectivity index (χ0n) is 28.6. The maximum absolute atomic E-state index is 15.9. The summed E-state index contributed by atoms with van der Waals surface area (Å²) in [5, 5.41) is 6.19. The van der Waals surface area contributed by atoms with Gasteiger partial charge in [0.2, 0.25) is 0 Å². The number of anilines is 1. The molecule has 2 unspecified atom stereocenters. The highest BCUT2D eigenvalue weighted by molar-refractivity contribution is 6.35. The van der Waals surface area contributed by atoms with Gasteiger partial charge in [0, 0.05) is 73.2 Å². The van der Waals surface area contributed by atoms with E-state index in [0.29, 0.717) is 76.5 Å². The number of methoxy groups -OCH3 is 1. The lowest BCUT2D eigenvalue weighted by molar-refractivity contribution is -0.0456. The molecular weight excluding hydrogens is 691 g/mol. The van der Waals surface area contributed by atoms with Gasteiger partial charge in [-0.3, -0.25) is 4.98 Å². The zero-order valence-corrected chi connectivity index (χ0v) is 30.1.